The number of thiophene rings is 1. The fourth-order valence-electron chi connectivity index (χ4n) is 2.80. The van der Waals surface area contributed by atoms with Gasteiger partial charge in [-0.3, -0.25) is 9.59 Å². The molecule has 0 aromatic carbocycles. The average molecular weight is 409 g/mol. The maximum Gasteiger partial charge on any atom is 0.358 e. The molecule has 1 aliphatic rings. The van der Waals surface area contributed by atoms with E-state index in [2.05, 4.69) is 4.98 Å². The normalized spacial score (nSPS) is 14.8. The number of ether oxygens (including phenoxy) is 2. The van der Waals surface area contributed by atoms with E-state index in [-0.39, 0.29) is 30.1 Å². The Morgan fingerprint density at radius 3 is 2.67 bits per heavy atom. The third-order valence-electron chi connectivity index (χ3n) is 4.28. The minimum absolute atomic E-state index is 0.165. The Hall–Kier alpha value is -2.26. The summed E-state index contributed by atoms with van der Waals surface area (Å²) in [5, 5.41) is 6.27. The van der Waals surface area contributed by atoms with Crippen LogP contribution < -0.4 is 0 Å². The molecule has 2 aromatic rings. The van der Waals surface area contributed by atoms with Crippen LogP contribution in [0.4, 0.5) is 0 Å². The molecule has 0 N–H and O–H groups in total. The van der Waals surface area contributed by atoms with Crippen molar-refractivity contribution in [1.82, 2.24) is 9.88 Å². The van der Waals surface area contributed by atoms with Crippen LogP contribution in [0.3, 0.4) is 0 Å². The molecule has 0 saturated carbocycles. The molecule has 0 radical (unpaired) electrons. The summed E-state index contributed by atoms with van der Waals surface area (Å²) in [6.45, 7) is 2.72. The number of hydrogen-bond acceptors (Lipinski definition) is 8. The number of rotatable bonds is 6. The molecule has 0 aliphatic carbocycles. The third kappa shape index (κ3) is 4.92. The highest BCUT2D eigenvalue weighted by Gasteiger charge is 2.28. The van der Waals surface area contributed by atoms with Gasteiger partial charge >= 0.3 is 11.9 Å². The van der Waals surface area contributed by atoms with Gasteiger partial charge in [-0.25, -0.2) is 9.78 Å². The molecule has 3 heterocycles. The van der Waals surface area contributed by atoms with Gasteiger partial charge in [-0.2, -0.15) is 11.3 Å². The van der Waals surface area contributed by atoms with Gasteiger partial charge in [0.1, 0.15) is 5.01 Å². The van der Waals surface area contributed by atoms with E-state index >= 15 is 0 Å². The van der Waals surface area contributed by atoms with Crippen molar-refractivity contribution in [3.63, 3.8) is 0 Å². The van der Waals surface area contributed by atoms with Crippen molar-refractivity contribution in [2.45, 2.75) is 19.8 Å². The van der Waals surface area contributed by atoms with E-state index in [9.17, 15) is 14.4 Å². The van der Waals surface area contributed by atoms with E-state index in [1.807, 2.05) is 16.8 Å². The second-order valence-corrected chi connectivity index (χ2v) is 7.67. The number of thiazole rings is 1. The van der Waals surface area contributed by atoms with Crippen molar-refractivity contribution in [2.75, 3.05) is 26.3 Å². The summed E-state index contributed by atoms with van der Waals surface area (Å²) < 4.78 is 10.1. The monoisotopic (exact) mass is 408 g/mol. The lowest BCUT2D eigenvalue weighted by molar-refractivity contribution is -0.151. The predicted molar refractivity (Wildman–Crippen MR) is 102 cm³/mol. The number of esters is 2. The van der Waals surface area contributed by atoms with Crippen LogP contribution in [-0.4, -0.2) is 54.0 Å². The Balaban J connectivity index is 1.45. The molecule has 0 atom stereocenters. The second-order valence-electron chi connectivity index (χ2n) is 6.03. The molecule has 0 unspecified atom stereocenters. The molecule has 144 valence electrons. The summed E-state index contributed by atoms with van der Waals surface area (Å²) >= 11 is 2.92. The first-order valence-electron chi connectivity index (χ1n) is 8.68. The van der Waals surface area contributed by atoms with E-state index in [1.165, 1.54) is 11.3 Å². The summed E-state index contributed by atoms with van der Waals surface area (Å²) in [6.07, 6.45) is 1.13. The summed E-state index contributed by atoms with van der Waals surface area (Å²) in [7, 11) is 0. The van der Waals surface area contributed by atoms with Crippen LogP contribution in [-0.2, 0) is 19.1 Å². The molecular formula is C18H20N2O5S2. The first-order chi connectivity index (χ1) is 13.1. The van der Waals surface area contributed by atoms with E-state index in [0.29, 0.717) is 32.5 Å². The fraction of sp³-hybridized carbons (Fsp3) is 0.444. The summed E-state index contributed by atoms with van der Waals surface area (Å²) in [6, 6.07) is 1.93. The van der Waals surface area contributed by atoms with E-state index in [0.717, 1.165) is 10.6 Å². The number of aromatic nitrogens is 1. The van der Waals surface area contributed by atoms with Gasteiger partial charge in [0.15, 0.2) is 12.3 Å². The van der Waals surface area contributed by atoms with E-state index in [1.54, 1.807) is 28.5 Å². The maximum atomic E-state index is 12.2. The van der Waals surface area contributed by atoms with Crippen molar-refractivity contribution in [3.05, 3.63) is 27.9 Å². The van der Waals surface area contributed by atoms with Crippen LogP contribution in [0.1, 0.15) is 30.3 Å². The quantitative estimate of drug-likeness (QED) is 0.683. The van der Waals surface area contributed by atoms with Crippen molar-refractivity contribution in [3.8, 4) is 10.6 Å². The van der Waals surface area contributed by atoms with Crippen molar-refractivity contribution in [1.29, 1.82) is 0 Å². The van der Waals surface area contributed by atoms with Gasteiger partial charge in [0.25, 0.3) is 5.91 Å². The Labute approximate surface area is 164 Å². The number of carbonyl (C=O) groups excluding carboxylic acids is 3. The highest BCUT2D eigenvalue weighted by atomic mass is 32.1. The molecule has 7 nitrogen and oxygen atoms in total. The molecule has 0 bridgehead atoms. The zero-order valence-electron chi connectivity index (χ0n) is 14.9. The number of piperidine rings is 1. The van der Waals surface area contributed by atoms with Crippen molar-refractivity contribution < 1.29 is 23.9 Å². The lowest BCUT2D eigenvalue weighted by Gasteiger charge is -2.30. The molecule has 3 rings (SSSR count). The number of hydrogen-bond donors (Lipinski definition) is 0. The van der Waals surface area contributed by atoms with Gasteiger partial charge in [0.2, 0.25) is 0 Å². The van der Waals surface area contributed by atoms with Gasteiger partial charge in [-0.15, -0.1) is 11.3 Å². The lowest BCUT2D eigenvalue weighted by Crippen LogP contribution is -2.42. The summed E-state index contributed by atoms with van der Waals surface area (Å²) in [5.74, 6) is -1.25. The molecular weight excluding hydrogens is 388 g/mol. The Bertz CT molecular complexity index is 795. The SMILES string of the molecule is CCOC(=O)C1CCN(C(=O)COC(=O)c2csc(-c3ccsc3)n2)CC1. The van der Waals surface area contributed by atoms with E-state index in [4.69, 9.17) is 9.47 Å². The highest BCUT2D eigenvalue weighted by Crippen LogP contribution is 2.26. The first-order valence-corrected chi connectivity index (χ1v) is 10.5. The molecule has 2 aromatic heterocycles. The van der Waals surface area contributed by atoms with Gasteiger partial charge in [0.05, 0.1) is 12.5 Å². The van der Waals surface area contributed by atoms with Crippen LogP contribution >= 0.6 is 22.7 Å². The van der Waals surface area contributed by atoms with Crippen molar-refractivity contribution in [2.24, 2.45) is 5.92 Å². The zero-order valence-corrected chi connectivity index (χ0v) is 16.5. The first kappa shape index (κ1) is 19.5. The molecule has 1 aliphatic heterocycles. The van der Waals surface area contributed by atoms with Crippen LogP contribution in [0.2, 0.25) is 0 Å². The molecule has 1 saturated heterocycles. The number of likely N-dealkylation sites (tertiary alicyclic amines) is 1. The number of amides is 1. The van der Waals surface area contributed by atoms with Crippen LogP contribution in [0.5, 0.6) is 0 Å². The molecule has 9 heteroatoms. The highest BCUT2D eigenvalue weighted by molar-refractivity contribution is 7.14. The molecule has 27 heavy (non-hydrogen) atoms. The zero-order chi connectivity index (χ0) is 19.2. The van der Waals surface area contributed by atoms with Crippen LogP contribution in [0.25, 0.3) is 10.6 Å². The molecule has 0 spiro atoms. The predicted octanol–water partition coefficient (Wildman–Crippen LogP) is 2.83. The molecule has 1 fully saturated rings. The van der Waals surface area contributed by atoms with Gasteiger partial charge < -0.3 is 14.4 Å². The summed E-state index contributed by atoms with van der Waals surface area (Å²) in [5.41, 5.74) is 1.17. The fourth-order valence-corrected chi connectivity index (χ4v) is 4.30. The maximum absolute atomic E-state index is 12.2. The second kappa shape index (κ2) is 9.09. The van der Waals surface area contributed by atoms with Crippen LogP contribution in [0.15, 0.2) is 22.2 Å². The smallest absolute Gasteiger partial charge is 0.358 e. The van der Waals surface area contributed by atoms with Crippen molar-refractivity contribution >= 4 is 40.5 Å². The van der Waals surface area contributed by atoms with E-state index < -0.39 is 5.97 Å². The molecule has 1 amide bonds. The number of carbonyl (C=O) groups is 3. The standard InChI is InChI=1S/C18H20N2O5S2/c1-2-24-17(22)12-3-6-20(7-4-12)15(21)9-25-18(23)14-11-27-16(19-14)13-5-8-26-10-13/h5,8,10-12H,2-4,6-7,9H2,1H3. The lowest BCUT2D eigenvalue weighted by atomic mass is 9.97. The summed E-state index contributed by atoms with van der Waals surface area (Å²) in [4.78, 5) is 42.0. The Morgan fingerprint density at radius 2 is 2.00 bits per heavy atom. The average Bonchev–Trinajstić information content (AvgIpc) is 3.37. The third-order valence-corrected chi connectivity index (χ3v) is 5.85. The Morgan fingerprint density at radius 1 is 1.22 bits per heavy atom. The van der Waals surface area contributed by atoms with Gasteiger partial charge in [0, 0.05) is 29.4 Å². The Kier molecular flexibility index (Phi) is 6.57. The largest absolute Gasteiger partial charge is 0.466 e. The number of nitrogens with zero attached hydrogens (tertiary/aromatic N) is 2. The van der Waals surface area contributed by atoms with Crippen LogP contribution in [0, 0.1) is 5.92 Å². The minimum Gasteiger partial charge on any atom is -0.466 e. The van der Waals surface area contributed by atoms with Gasteiger partial charge in [-0.05, 0) is 31.2 Å². The minimum atomic E-state index is -0.609. The topological polar surface area (TPSA) is 85.8 Å². The van der Waals surface area contributed by atoms with Gasteiger partial charge in [-0.1, -0.05) is 0 Å².